The lowest BCUT2D eigenvalue weighted by molar-refractivity contribution is 0.601. The average Bonchev–Trinajstić information content (AvgIpc) is 4.19. The van der Waals surface area contributed by atoms with Crippen LogP contribution >= 0.6 is 0 Å². The molecule has 0 unspecified atom stereocenters. The second kappa shape index (κ2) is 13.6. The Labute approximate surface area is 409 Å². The highest BCUT2D eigenvalue weighted by Gasteiger charge is 2.47. The standard InChI is InChI=1S/C68H44O3/c1-67(2)53-33-48(49-35-58-60(40-22-10-8-20-38(40)49)43-24-12-15-27-55(43)69-58)47(37-18-6-5-7-19-37)32-51(53)42-30-31-46-62-54(68(3,4)65(46)64(42)67)34-52(66-63(62)45-26-14-17-29-57(45)71-66)50-36-59-61(41-23-11-9-21-39(41)50)44-25-13-16-28-56(44)70-59/h5-36H,1-4H3. The third kappa shape index (κ3) is 5.02. The summed E-state index contributed by atoms with van der Waals surface area (Å²) in [6.45, 7) is 9.80. The van der Waals surface area contributed by atoms with E-state index in [0.29, 0.717) is 0 Å². The van der Waals surface area contributed by atoms with Crippen molar-refractivity contribution in [3.8, 4) is 55.6 Å². The highest BCUT2D eigenvalue weighted by atomic mass is 16.3. The van der Waals surface area contributed by atoms with Gasteiger partial charge in [0.15, 0.2) is 0 Å². The van der Waals surface area contributed by atoms with Crippen molar-refractivity contribution in [3.05, 3.63) is 216 Å². The Bertz CT molecular complexity index is 4680. The zero-order chi connectivity index (χ0) is 47.1. The van der Waals surface area contributed by atoms with E-state index in [1.807, 2.05) is 6.07 Å². The molecule has 0 atom stereocenters. The number of furan rings is 3. The quantitative estimate of drug-likeness (QED) is 0.177. The van der Waals surface area contributed by atoms with Crippen LogP contribution in [0.3, 0.4) is 0 Å². The smallest absolute Gasteiger partial charge is 0.143 e. The van der Waals surface area contributed by atoms with Crippen molar-refractivity contribution in [2.24, 2.45) is 0 Å². The minimum atomic E-state index is -0.372. The van der Waals surface area contributed by atoms with Gasteiger partial charge in [-0.05, 0) is 142 Å². The van der Waals surface area contributed by atoms with E-state index in [2.05, 4.69) is 216 Å². The molecule has 0 bridgehead atoms. The van der Waals surface area contributed by atoms with Crippen molar-refractivity contribution in [2.45, 2.75) is 38.5 Å². The second-order valence-electron chi connectivity index (χ2n) is 21.0. The summed E-state index contributed by atoms with van der Waals surface area (Å²) in [4.78, 5) is 0. The van der Waals surface area contributed by atoms with Gasteiger partial charge in [-0.1, -0.05) is 173 Å². The normalized spacial score (nSPS) is 14.4. The van der Waals surface area contributed by atoms with E-state index in [1.54, 1.807) is 0 Å². The molecular formula is C68H44O3. The van der Waals surface area contributed by atoms with Gasteiger partial charge in [-0.15, -0.1) is 0 Å². The van der Waals surface area contributed by atoms with E-state index in [1.165, 1.54) is 99.1 Å². The summed E-state index contributed by atoms with van der Waals surface area (Å²) in [5.74, 6) is 0. The predicted octanol–water partition coefficient (Wildman–Crippen LogP) is 19.3. The van der Waals surface area contributed by atoms with Gasteiger partial charge in [0, 0.05) is 48.7 Å². The van der Waals surface area contributed by atoms with Crippen molar-refractivity contribution < 1.29 is 13.3 Å². The fourth-order valence-corrected chi connectivity index (χ4v) is 13.5. The molecule has 0 saturated carbocycles. The highest BCUT2D eigenvalue weighted by molar-refractivity contribution is 6.26. The van der Waals surface area contributed by atoms with Crippen LogP contribution < -0.4 is 0 Å². The Balaban J connectivity index is 0.956. The largest absolute Gasteiger partial charge is 0.456 e. The minimum Gasteiger partial charge on any atom is -0.456 e. The Morgan fingerprint density at radius 1 is 0.282 bits per heavy atom. The summed E-state index contributed by atoms with van der Waals surface area (Å²) >= 11 is 0. The van der Waals surface area contributed by atoms with E-state index in [0.717, 1.165) is 66.2 Å². The van der Waals surface area contributed by atoms with Crippen LogP contribution in [0.1, 0.15) is 49.9 Å². The molecule has 0 aliphatic heterocycles. The number of para-hydroxylation sites is 3. The summed E-state index contributed by atoms with van der Waals surface area (Å²) in [7, 11) is 0. The van der Waals surface area contributed by atoms with Gasteiger partial charge in [0.05, 0.1) is 0 Å². The first-order valence-electron chi connectivity index (χ1n) is 24.8. The van der Waals surface area contributed by atoms with Gasteiger partial charge >= 0.3 is 0 Å². The van der Waals surface area contributed by atoms with Crippen LogP contribution in [0.25, 0.3) is 143 Å². The van der Waals surface area contributed by atoms with Crippen molar-refractivity contribution in [2.75, 3.05) is 0 Å². The van der Waals surface area contributed by atoms with E-state index < -0.39 is 0 Å². The Morgan fingerprint density at radius 2 is 0.732 bits per heavy atom. The van der Waals surface area contributed by atoms with Gasteiger partial charge in [0.25, 0.3) is 0 Å². The molecule has 3 heterocycles. The lowest BCUT2D eigenvalue weighted by Crippen LogP contribution is -2.24. The molecule has 11 aromatic carbocycles. The zero-order valence-electron chi connectivity index (χ0n) is 39.7. The van der Waals surface area contributed by atoms with Crippen LogP contribution in [0.15, 0.2) is 207 Å². The molecule has 0 radical (unpaired) electrons. The molecule has 71 heavy (non-hydrogen) atoms. The predicted molar refractivity (Wildman–Crippen MR) is 295 cm³/mol. The molecule has 334 valence electrons. The number of hydrogen-bond acceptors (Lipinski definition) is 3. The minimum absolute atomic E-state index is 0.346. The maximum absolute atomic E-state index is 7.10. The van der Waals surface area contributed by atoms with Gasteiger partial charge in [-0.25, -0.2) is 0 Å². The van der Waals surface area contributed by atoms with E-state index >= 15 is 0 Å². The van der Waals surface area contributed by atoms with E-state index in [-0.39, 0.29) is 10.8 Å². The van der Waals surface area contributed by atoms with Crippen LogP contribution in [0, 0.1) is 0 Å². The van der Waals surface area contributed by atoms with Gasteiger partial charge in [-0.3, -0.25) is 0 Å². The molecule has 3 heteroatoms. The lowest BCUT2D eigenvalue weighted by Gasteiger charge is -2.31. The number of fused-ring (bicyclic) bond motifs is 21. The molecule has 3 aromatic heterocycles. The van der Waals surface area contributed by atoms with Crippen LogP contribution in [0.2, 0.25) is 0 Å². The van der Waals surface area contributed by atoms with Crippen molar-refractivity contribution in [1.29, 1.82) is 0 Å². The molecule has 14 aromatic rings. The van der Waals surface area contributed by atoms with Crippen molar-refractivity contribution in [1.82, 2.24) is 0 Å². The second-order valence-corrected chi connectivity index (χ2v) is 21.0. The topological polar surface area (TPSA) is 39.4 Å². The fraction of sp³-hybridized carbons (Fsp3) is 0.0882. The first kappa shape index (κ1) is 39.2. The number of hydrogen-bond donors (Lipinski definition) is 0. The molecule has 0 fully saturated rings. The van der Waals surface area contributed by atoms with E-state index in [9.17, 15) is 0 Å². The van der Waals surface area contributed by atoms with Gasteiger partial charge in [-0.2, -0.15) is 0 Å². The molecule has 16 rings (SSSR count). The average molecular weight is 909 g/mol. The molecule has 2 aliphatic rings. The molecule has 2 aliphatic carbocycles. The lowest BCUT2D eigenvalue weighted by atomic mass is 9.72. The van der Waals surface area contributed by atoms with Crippen molar-refractivity contribution >= 4 is 87.4 Å². The summed E-state index contributed by atoms with van der Waals surface area (Å²) < 4.78 is 20.5. The van der Waals surface area contributed by atoms with E-state index in [4.69, 9.17) is 13.3 Å². The van der Waals surface area contributed by atoms with Crippen LogP contribution in [0.4, 0.5) is 0 Å². The third-order valence-corrected chi connectivity index (χ3v) is 16.6. The maximum atomic E-state index is 7.10. The van der Waals surface area contributed by atoms with Crippen LogP contribution in [-0.4, -0.2) is 0 Å². The van der Waals surface area contributed by atoms with Crippen LogP contribution in [-0.2, 0) is 10.8 Å². The summed E-state index contributed by atoms with van der Waals surface area (Å²) in [5.41, 5.74) is 22.2. The van der Waals surface area contributed by atoms with Crippen LogP contribution in [0.5, 0.6) is 0 Å². The molecule has 3 nitrogen and oxygen atoms in total. The summed E-state index contributed by atoms with van der Waals surface area (Å²) in [6.07, 6.45) is 0. The maximum Gasteiger partial charge on any atom is 0.143 e. The molecule has 0 amide bonds. The summed E-state index contributed by atoms with van der Waals surface area (Å²) in [6, 6.07) is 70.9. The zero-order valence-corrected chi connectivity index (χ0v) is 39.7. The monoisotopic (exact) mass is 908 g/mol. The number of benzene rings is 11. The van der Waals surface area contributed by atoms with Gasteiger partial charge in [0.1, 0.15) is 33.5 Å². The third-order valence-electron chi connectivity index (χ3n) is 16.6. The molecular weight excluding hydrogens is 865 g/mol. The molecule has 0 saturated heterocycles. The Kier molecular flexibility index (Phi) is 7.49. The summed E-state index contributed by atoms with van der Waals surface area (Å²) in [5, 5.41) is 11.7. The molecule has 0 N–H and O–H groups in total. The fourth-order valence-electron chi connectivity index (χ4n) is 13.5. The Hall–Kier alpha value is -8.66. The SMILES string of the molecule is CC1(C)c2cc(-c3cc4oc5ccccc5c4c4ccccc34)c(-c3ccccc3)cc2-c2ccc3c(c21)C(C)(C)c1cc(-c2cc4oc5ccccc5c4c4ccccc24)c2oc4ccccc4c2c1-3. The first-order chi connectivity index (χ1) is 34.7. The molecule has 0 spiro atoms. The highest BCUT2D eigenvalue weighted by Crippen LogP contribution is 2.63. The first-order valence-corrected chi connectivity index (χ1v) is 24.8. The number of rotatable bonds is 3. The Morgan fingerprint density at radius 3 is 1.34 bits per heavy atom. The van der Waals surface area contributed by atoms with Gasteiger partial charge in [0.2, 0.25) is 0 Å². The van der Waals surface area contributed by atoms with Crippen molar-refractivity contribution in [3.63, 3.8) is 0 Å². The van der Waals surface area contributed by atoms with Gasteiger partial charge < -0.3 is 13.3 Å².